The van der Waals surface area contributed by atoms with Crippen molar-refractivity contribution in [1.29, 1.82) is 0 Å². The molecule has 152 valence electrons. The molecule has 0 aliphatic carbocycles. The van der Waals surface area contributed by atoms with Gasteiger partial charge in [-0.15, -0.1) is 0 Å². The van der Waals surface area contributed by atoms with Crippen molar-refractivity contribution in [3.05, 3.63) is 83.2 Å². The lowest BCUT2D eigenvalue weighted by Crippen LogP contribution is -2.42. The van der Waals surface area contributed by atoms with Gasteiger partial charge in [0, 0.05) is 24.2 Å². The highest BCUT2D eigenvalue weighted by Gasteiger charge is 2.59. The molecule has 0 unspecified atom stereocenters. The van der Waals surface area contributed by atoms with Crippen LogP contribution in [-0.2, 0) is 10.2 Å². The molecule has 6 nitrogen and oxygen atoms in total. The topological polar surface area (TPSA) is 75.4 Å². The molecule has 2 aliphatic rings. The summed E-state index contributed by atoms with van der Waals surface area (Å²) in [6.45, 7) is 4.45. The second-order valence-electron chi connectivity index (χ2n) is 8.30. The average molecular weight is 401 g/mol. The molecule has 0 bridgehead atoms. The minimum absolute atomic E-state index is 0.0594. The first-order valence-electron chi connectivity index (χ1n) is 10.3. The van der Waals surface area contributed by atoms with E-state index in [1.54, 1.807) is 11.0 Å². The SMILES string of the molecule is CC(C)c1cc(C(=O)N2CC[C@]3(C(=O)Nc4ccccc43)[C@@H]2c2ccccc2)no1. The molecule has 5 rings (SSSR count). The number of fused-ring (bicyclic) bond motifs is 2. The molecule has 3 aromatic rings. The summed E-state index contributed by atoms with van der Waals surface area (Å²) in [4.78, 5) is 28.6. The van der Waals surface area contributed by atoms with Gasteiger partial charge in [-0.3, -0.25) is 9.59 Å². The van der Waals surface area contributed by atoms with E-state index in [1.807, 2.05) is 68.4 Å². The van der Waals surface area contributed by atoms with Gasteiger partial charge in [-0.2, -0.15) is 0 Å². The van der Waals surface area contributed by atoms with Crippen molar-refractivity contribution in [3.8, 4) is 0 Å². The lowest BCUT2D eigenvalue weighted by molar-refractivity contribution is -0.121. The van der Waals surface area contributed by atoms with Crippen molar-refractivity contribution in [2.75, 3.05) is 11.9 Å². The molecule has 2 amide bonds. The summed E-state index contributed by atoms with van der Waals surface area (Å²) in [5.74, 6) is 0.540. The fourth-order valence-corrected chi connectivity index (χ4v) is 4.81. The standard InChI is InChI=1S/C24H23N3O3/c1-15(2)20-14-19(26-30-20)22(28)27-13-12-24(21(27)16-8-4-3-5-9-16)17-10-6-7-11-18(17)25-23(24)29/h3-11,14-15,21H,12-13H2,1-2H3,(H,25,29)/t21-,24+/m0/s1. The minimum atomic E-state index is -0.821. The lowest BCUT2D eigenvalue weighted by Gasteiger charge is -2.34. The summed E-state index contributed by atoms with van der Waals surface area (Å²) < 4.78 is 5.37. The Morgan fingerprint density at radius 1 is 1.17 bits per heavy atom. The fraction of sp³-hybridized carbons (Fsp3) is 0.292. The van der Waals surface area contributed by atoms with Crippen molar-refractivity contribution in [2.45, 2.75) is 37.6 Å². The minimum Gasteiger partial charge on any atom is -0.360 e. The molecule has 1 spiro atoms. The molecule has 0 saturated carbocycles. The highest BCUT2D eigenvalue weighted by atomic mass is 16.5. The molecule has 1 aromatic heterocycles. The zero-order chi connectivity index (χ0) is 20.9. The Bertz CT molecular complexity index is 1120. The number of carbonyl (C=O) groups excluding carboxylic acids is 2. The quantitative estimate of drug-likeness (QED) is 0.711. The number of benzene rings is 2. The first kappa shape index (κ1) is 18.6. The number of likely N-dealkylation sites (tertiary alicyclic amines) is 1. The van der Waals surface area contributed by atoms with Crippen LogP contribution in [0.25, 0.3) is 0 Å². The normalized spacial score (nSPS) is 22.6. The first-order chi connectivity index (χ1) is 14.5. The molecule has 6 heteroatoms. The average Bonchev–Trinajstić information content (AvgIpc) is 3.46. The van der Waals surface area contributed by atoms with Crippen LogP contribution in [0.2, 0.25) is 0 Å². The van der Waals surface area contributed by atoms with Crippen molar-refractivity contribution >= 4 is 17.5 Å². The van der Waals surface area contributed by atoms with Crippen molar-refractivity contribution in [3.63, 3.8) is 0 Å². The number of nitrogens with one attached hydrogen (secondary N) is 1. The maximum Gasteiger partial charge on any atom is 0.276 e. The second kappa shape index (κ2) is 6.83. The molecule has 3 heterocycles. The zero-order valence-corrected chi connectivity index (χ0v) is 17.0. The maximum atomic E-state index is 13.5. The predicted octanol–water partition coefficient (Wildman–Crippen LogP) is 4.28. The van der Waals surface area contributed by atoms with Crippen molar-refractivity contribution in [1.82, 2.24) is 10.1 Å². The number of rotatable bonds is 3. The number of hydrogen-bond donors (Lipinski definition) is 1. The van der Waals surface area contributed by atoms with Crippen LogP contribution in [0.1, 0.15) is 59.6 Å². The van der Waals surface area contributed by atoms with Gasteiger partial charge in [0.25, 0.3) is 5.91 Å². The maximum absolute atomic E-state index is 13.5. The van der Waals surface area contributed by atoms with E-state index < -0.39 is 11.5 Å². The highest BCUT2D eigenvalue weighted by molar-refractivity contribution is 6.08. The summed E-state index contributed by atoms with van der Waals surface area (Å²) in [5, 5.41) is 7.06. The zero-order valence-electron chi connectivity index (χ0n) is 17.0. The molecule has 1 fully saturated rings. The number of nitrogens with zero attached hydrogens (tertiary/aromatic N) is 2. The first-order valence-corrected chi connectivity index (χ1v) is 10.3. The molecule has 1 N–H and O–H groups in total. The Morgan fingerprint density at radius 3 is 2.63 bits per heavy atom. The Labute approximate surface area is 174 Å². The van der Waals surface area contributed by atoms with E-state index in [0.717, 1.165) is 16.8 Å². The van der Waals surface area contributed by atoms with E-state index in [9.17, 15) is 9.59 Å². The van der Waals surface area contributed by atoms with Gasteiger partial charge in [0.15, 0.2) is 5.69 Å². The summed E-state index contributed by atoms with van der Waals surface area (Å²) >= 11 is 0. The van der Waals surface area contributed by atoms with Gasteiger partial charge in [0.1, 0.15) is 11.2 Å². The summed E-state index contributed by atoms with van der Waals surface area (Å²) in [6.07, 6.45) is 0.552. The Morgan fingerprint density at radius 2 is 1.90 bits per heavy atom. The van der Waals surface area contributed by atoms with E-state index in [4.69, 9.17) is 4.52 Å². The van der Waals surface area contributed by atoms with Gasteiger partial charge in [0.05, 0.1) is 6.04 Å². The second-order valence-corrected chi connectivity index (χ2v) is 8.30. The number of carbonyl (C=O) groups is 2. The van der Waals surface area contributed by atoms with E-state index >= 15 is 0 Å². The van der Waals surface area contributed by atoms with Crippen LogP contribution in [0.3, 0.4) is 0 Å². The summed E-state index contributed by atoms with van der Waals surface area (Å²) in [7, 11) is 0. The Kier molecular flexibility index (Phi) is 4.24. The van der Waals surface area contributed by atoms with Gasteiger partial charge in [-0.05, 0) is 23.6 Å². The Hall–Kier alpha value is -3.41. The predicted molar refractivity (Wildman–Crippen MR) is 112 cm³/mol. The number of hydrogen-bond acceptors (Lipinski definition) is 4. The fourth-order valence-electron chi connectivity index (χ4n) is 4.81. The van der Waals surface area contributed by atoms with Gasteiger partial charge in [-0.25, -0.2) is 0 Å². The Balaban J connectivity index is 1.63. The van der Waals surface area contributed by atoms with Crippen LogP contribution in [0.15, 0.2) is 65.2 Å². The number of aromatic nitrogens is 1. The van der Waals surface area contributed by atoms with Crippen LogP contribution in [-0.4, -0.2) is 28.4 Å². The highest BCUT2D eigenvalue weighted by Crippen LogP contribution is 2.54. The molecule has 2 atom stereocenters. The van der Waals surface area contributed by atoms with Gasteiger partial charge in [-0.1, -0.05) is 67.5 Å². The largest absolute Gasteiger partial charge is 0.360 e. The van der Waals surface area contributed by atoms with Gasteiger partial charge >= 0.3 is 0 Å². The smallest absolute Gasteiger partial charge is 0.276 e. The van der Waals surface area contributed by atoms with Gasteiger partial charge < -0.3 is 14.7 Å². The van der Waals surface area contributed by atoms with Crippen molar-refractivity contribution < 1.29 is 14.1 Å². The molecule has 2 aromatic carbocycles. The molecular formula is C24H23N3O3. The molecule has 30 heavy (non-hydrogen) atoms. The molecule has 0 radical (unpaired) electrons. The van der Waals surface area contributed by atoms with E-state index in [2.05, 4.69) is 10.5 Å². The van der Waals surface area contributed by atoms with Crippen molar-refractivity contribution in [2.24, 2.45) is 0 Å². The number of para-hydroxylation sites is 1. The molecule has 1 saturated heterocycles. The third-order valence-electron chi connectivity index (χ3n) is 6.28. The number of amides is 2. The van der Waals surface area contributed by atoms with Crippen LogP contribution < -0.4 is 5.32 Å². The van der Waals surface area contributed by atoms with E-state index in [1.165, 1.54) is 0 Å². The molecular weight excluding hydrogens is 378 g/mol. The van der Waals surface area contributed by atoms with Crippen LogP contribution in [0, 0.1) is 0 Å². The van der Waals surface area contributed by atoms with E-state index in [-0.39, 0.29) is 23.4 Å². The summed E-state index contributed by atoms with van der Waals surface area (Å²) in [6, 6.07) is 18.8. The van der Waals surface area contributed by atoms with Crippen LogP contribution >= 0.6 is 0 Å². The van der Waals surface area contributed by atoms with Gasteiger partial charge in [0.2, 0.25) is 5.91 Å². The number of anilines is 1. The van der Waals surface area contributed by atoms with Crippen LogP contribution in [0.4, 0.5) is 5.69 Å². The lowest BCUT2D eigenvalue weighted by atomic mass is 9.72. The molecule has 2 aliphatic heterocycles. The van der Waals surface area contributed by atoms with Crippen LogP contribution in [0.5, 0.6) is 0 Å². The van der Waals surface area contributed by atoms with E-state index in [0.29, 0.717) is 18.7 Å². The third kappa shape index (κ3) is 2.60. The summed E-state index contributed by atoms with van der Waals surface area (Å²) in [5.41, 5.74) is 2.16. The monoisotopic (exact) mass is 401 g/mol. The third-order valence-corrected chi connectivity index (χ3v) is 6.28.